The molecule has 0 spiro atoms. The number of halogens is 1. The second-order valence-electron chi connectivity index (χ2n) is 6.49. The number of fused-ring (bicyclic) bond motifs is 2. The van der Waals surface area contributed by atoms with Crippen molar-refractivity contribution in [2.24, 2.45) is 0 Å². The molecule has 0 atom stereocenters. The molecule has 0 amide bonds. The van der Waals surface area contributed by atoms with Crippen LogP contribution in [0.2, 0.25) is 5.02 Å². The zero-order chi connectivity index (χ0) is 17.5. The highest BCUT2D eigenvalue weighted by molar-refractivity contribution is 6.30. The summed E-state index contributed by atoms with van der Waals surface area (Å²) >= 11 is 6.14. The zero-order valence-corrected chi connectivity index (χ0v) is 14.8. The van der Waals surface area contributed by atoms with Crippen LogP contribution in [-0.2, 0) is 0 Å². The molecule has 5 aromatic rings. The zero-order valence-electron chi connectivity index (χ0n) is 14.1. The molecule has 3 heteroatoms. The van der Waals surface area contributed by atoms with Crippen molar-refractivity contribution in [2.45, 2.75) is 6.17 Å². The lowest BCUT2D eigenvalue weighted by atomic mass is 10.1. The molecule has 0 aliphatic carbocycles. The van der Waals surface area contributed by atoms with Gasteiger partial charge in [-0.1, -0.05) is 60.1 Å². The van der Waals surface area contributed by atoms with Crippen molar-refractivity contribution in [3.63, 3.8) is 0 Å². The van der Waals surface area contributed by atoms with Gasteiger partial charge >= 0.3 is 0 Å². The summed E-state index contributed by atoms with van der Waals surface area (Å²) in [6.07, 6.45) is 4.35. The van der Waals surface area contributed by atoms with Gasteiger partial charge in [-0.3, -0.25) is 0 Å². The fourth-order valence-corrected chi connectivity index (χ4v) is 3.85. The first-order valence-electron chi connectivity index (χ1n) is 8.68. The molecule has 2 aromatic heterocycles. The van der Waals surface area contributed by atoms with Crippen LogP contribution < -0.4 is 0 Å². The molecule has 0 aliphatic rings. The van der Waals surface area contributed by atoms with Gasteiger partial charge in [0, 0.05) is 17.4 Å². The van der Waals surface area contributed by atoms with Crippen LogP contribution in [0.1, 0.15) is 11.7 Å². The minimum absolute atomic E-state index is 0.0204. The molecule has 0 saturated heterocycles. The largest absolute Gasteiger partial charge is 0.322 e. The van der Waals surface area contributed by atoms with E-state index in [1.807, 2.05) is 12.1 Å². The van der Waals surface area contributed by atoms with Crippen molar-refractivity contribution in [1.29, 1.82) is 0 Å². The molecule has 0 fully saturated rings. The molecule has 3 aromatic carbocycles. The van der Waals surface area contributed by atoms with Gasteiger partial charge in [-0.2, -0.15) is 0 Å². The van der Waals surface area contributed by atoms with Gasteiger partial charge < -0.3 is 9.13 Å². The van der Waals surface area contributed by atoms with Crippen LogP contribution in [0, 0.1) is 0 Å². The van der Waals surface area contributed by atoms with Crippen molar-refractivity contribution < 1.29 is 0 Å². The Hall–Kier alpha value is -2.97. The maximum atomic E-state index is 6.14. The lowest BCUT2D eigenvalue weighted by Gasteiger charge is -2.24. The predicted molar refractivity (Wildman–Crippen MR) is 109 cm³/mol. The normalized spacial score (nSPS) is 11.6. The van der Waals surface area contributed by atoms with Crippen LogP contribution in [0.4, 0.5) is 0 Å². The Kier molecular flexibility index (Phi) is 3.58. The summed E-state index contributed by atoms with van der Waals surface area (Å²) < 4.78 is 4.65. The molecule has 2 heterocycles. The molecule has 0 radical (unpaired) electrons. The average molecular weight is 357 g/mol. The summed E-state index contributed by atoms with van der Waals surface area (Å²) in [4.78, 5) is 0. The van der Waals surface area contributed by atoms with Crippen molar-refractivity contribution in [1.82, 2.24) is 9.13 Å². The third-order valence-corrected chi connectivity index (χ3v) is 5.21. The molecule has 0 saturated carbocycles. The van der Waals surface area contributed by atoms with E-state index in [2.05, 4.69) is 94.3 Å². The van der Waals surface area contributed by atoms with Gasteiger partial charge in [-0.15, -0.1) is 0 Å². The van der Waals surface area contributed by atoms with Crippen LogP contribution in [0.3, 0.4) is 0 Å². The Labute approximate surface area is 156 Å². The maximum Gasteiger partial charge on any atom is 0.136 e. The smallest absolute Gasteiger partial charge is 0.136 e. The third kappa shape index (κ3) is 2.42. The van der Waals surface area contributed by atoms with E-state index in [4.69, 9.17) is 11.6 Å². The van der Waals surface area contributed by atoms with Crippen LogP contribution in [0.5, 0.6) is 0 Å². The van der Waals surface area contributed by atoms with E-state index in [1.54, 1.807) is 0 Å². The minimum atomic E-state index is 0.0204. The molecule has 126 valence electrons. The molecule has 0 unspecified atom stereocenters. The van der Waals surface area contributed by atoms with Crippen LogP contribution in [0.25, 0.3) is 21.8 Å². The molecule has 2 nitrogen and oxygen atoms in total. The first-order chi connectivity index (χ1) is 12.8. The highest BCUT2D eigenvalue weighted by Gasteiger charge is 2.19. The SMILES string of the molecule is Clc1ccc(C(n2ccc3ccccc32)n2ccc3ccccc32)cc1. The maximum absolute atomic E-state index is 6.14. The van der Waals surface area contributed by atoms with Gasteiger partial charge in [0.15, 0.2) is 0 Å². The standard InChI is InChI=1S/C23H17ClN2/c24-20-11-9-19(10-12-20)23(25-15-13-17-5-1-3-7-21(17)25)26-16-14-18-6-2-4-8-22(18)26/h1-16,23H. The Balaban J connectivity index is 1.79. The first kappa shape index (κ1) is 15.3. The molecular weight excluding hydrogens is 340 g/mol. The highest BCUT2D eigenvalue weighted by atomic mass is 35.5. The Morgan fingerprint density at radius 3 is 1.62 bits per heavy atom. The Morgan fingerprint density at radius 1 is 0.577 bits per heavy atom. The van der Waals surface area contributed by atoms with Crippen molar-refractivity contribution in [3.8, 4) is 0 Å². The first-order valence-corrected chi connectivity index (χ1v) is 9.06. The second kappa shape index (κ2) is 6.08. The van der Waals surface area contributed by atoms with Gasteiger partial charge in [0.2, 0.25) is 0 Å². The van der Waals surface area contributed by atoms with Crippen molar-refractivity contribution in [3.05, 3.63) is 108 Å². The summed E-state index contributed by atoms with van der Waals surface area (Å²) in [6.45, 7) is 0. The Bertz CT molecular complexity index is 1120. The Morgan fingerprint density at radius 2 is 1.08 bits per heavy atom. The van der Waals surface area contributed by atoms with E-state index in [-0.39, 0.29) is 6.17 Å². The van der Waals surface area contributed by atoms with Gasteiger partial charge in [-0.05, 0) is 52.7 Å². The molecular formula is C23H17ClN2. The summed E-state index contributed by atoms with van der Waals surface area (Å²) in [5.41, 5.74) is 3.62. The number of rotatable bonds is 3. The van der Waals surface area contributed by atoms with E-state index in [1.165, 1.54) is 27.4 Å². The number of hydrogen-bond acceptors (Lipinski definition) is 0. The number of nitrogens with zero attached hydrogens (tertiary/aromatic N) is 2. The predicted octanol–water partition coefficient (Wildman–Crippen LogP) is 6.34. The van der Waals surface area contributed by atoms with E-state index in [9.17, 15) is 0 Å². The molecule has 5 rings (SSSR count). The third-order valence-electron chi connectivity index (χ3n) is 4.95. The van der Waals surface area contributed by atoms with E-state index < -0.39 is 0 Å². The molecule has 26 heavy (non-hydrogen) atoms. The lowest BCUT2D eigenvalue weighted by Crippen LogP contribution is -2.18. The minimum Gasteiger partial charge on any atom is -0.322 e. The van der Waals surface area contributed by atoms with Crippen molar-refractivity contribution in [2.75, 3.05) is 0 Å². The molecule has 0 aliphatic heterocycles. The van der Waals surface area contributed by atoms with Gasteiger partial charge in [0.25, 0.3) is 0 Å². The van der Waals surface area contributed by atoms with Gasteiger partial charge in [0.05, 0.1) is 11.0 Å². The van der Waals surface area contributed by atoms with Gasteiger partial charge in [-0.25, -0.2) is 0 Å². The topological polar surface area (TPSA) is 9.86 Å². The van der Waals surface area contributed by atoms with Crippen LogP contribution in [0.15, 0.2) is 97.3 Å². The quantitative estimate of drug-likeness (QED) is 0.356. The molecule has 0 bridgehead atoms. The number of benzene rings is 3. The summed E-state index contributed by atoms with van der Waals surface area (Å²) in [5, 5.41) is 3.23. The van der Waals surface area contributed by atoms with Gasteiger partial charge in [0.1, 0.15) is 6.17 Å². The summed E-state index contributed by atoms with van der Waals surface area (Å²) in [6, 6.07) is 29.5. The molecule has 0 N–H and O–H groups in total. The van der Waals surface area contributed by atoms with E-state index >= 15 is 0 Å². The van der Waals surface area contributed by atoms with Crippen LogP contribution >= 0.6 is 11.6 Å². The lowest BCUT2D eigenvalue weighted by molar-refractivity contribution is 0.534. The summed E-state index contributed by atoms with van der Waals surface area (Å²) in [7, 11) is 0. The average Bonchev–Trinajstić information content (AvgIpc) is 3.29. The number of hydrogen-bond donors (Lipinski definition) is 0. The fourth-order valence-electron chi connectivity index (χ4n) is 3.73. The van der Waals surface area contributed by atoms with E-state index in [0.29, 0.717) is 0 Å². The van der Waals surface area contributed by atoms with Crippen molar-refractivity contribution >= 4 is 33.4 Å². The number of aromatic nitrogens is 2. The highest BCUT2D eigenvalue weighted by Crippen LogP contribution is 2.31. The second-order valence-corrected chi connectivity index (χ2v) is 6.93. The monoisotopic (exact) mass is 356 g/mol. The van der Waals surface area contributed by atoms with Crippen LogP contribution in [-0.4, -0.2) is 9.13 Å². The van der Waals surface area contributed by atoms with E-state index in [0.717, 1.165) is 5.02 Å². The fraction of sp³-hybridized carbons (Fsp3) is 0.0435. The summed E-state index contributed by atoms with van der Waals surface area (Å²) in [5.74, 6) is 0. The number of para-hydroxylation sites is 2.